The van der Waals surface area contributed by atoms with E-state index < -0.39 is 0 Å². The molecule has 3 heteroatoms. The van der Waals surface area contributed by atoms with Crippen LogP contribution in [0.2, 0.25) is 0 Å². The molecule has 0 amide bonds. The number of aromatic nitrogens is 1. The molecule has 96 valence electrons. The van der Waals surface area contributed by atoms with Gasteiger partial charge in [-0.2, -0.15) is 0 Å². The van der Waals surface area contributed by atoms with Gasteiger partial charge in [0.15, 0.2) is 0 Å². The number of fused-ring (bicyclic) bond motifs is 1. The largest absolute Gasteiger partial charge is 0.491 e. The third kappa shape index (κ3) is 2.92. The minimum atomic E-state index is 0.717. The molecule has 18 heavy (non-hydrogen) atoms. The molecule has 2 aromatic rings. The highest BCUT2D eigenvalue weighted by Gasteiger charge is 2.05. The van der Waals surface area contributed by atoms with Crippen LogP contribution < -0.4 is 10.5 Å². The minimum absolute atomic E-state index is 0.717. The number of nitrogens with zero attached hydrogens (tertiary/aromatic N) is 1. The van der Waals surface area contributed by atoms with Gasteiger partial charge in [-0.3, -0.25) is 4.98 Å². The summed E-state index contributed by atoms with van der Waals surface area (Å²) >= 11 is 0. The molecule has 1 aromatic carbocycles. The second-order valence-electron chi connectivity index (χ2n) is 4.94. The lowest BCUT2D eigenvalue weighted by Gasteiger charge is -2.10. The molecule has 0 saturated heterocycles. The summed E-state index contributed by atoms with van der Waals surface area (Å²) in [5.41, 5.74) is 7.52. The first-order valence-corrected chi connectivity index (χ1v) is 6.44. The lowest BCUT2D eigenvalue weighted by Crippen LogP contribution is -2.01. The summed E-state index contributed by atoms with van der Waals surface area (Å²) in [6.07, 6.45) is 4.01. The van der Waals surface area contributed by atoms with Crippen LogP contribution in [0.5, 0.6) is 5.75 Å². The van der Waals surface area contributed by atoms with Crippen LogP contribution in [-0.4, -0.2) is 11.6 Å². The maximum Gasteiger partial charge on any atom is 0.145 e. The first-order chi connectivity index (χ1) is 8.68. The summed E-state index contributed by atoms with van der Waals surface area (Å²) in [5, 5.41) is 0.957. The molecule has 0 fully saturated rings. The van der Waals surface area contributed by atoms with Crippen molar-refractivity contribution in [3.05, 3.63) is 30.5 Å². The molecule has 0 radical (unpaired) electrons. The maximum atomic E-state index is 5.92. The van der Waals surface area contributed by atoms with Gasteiger partial charge in [-0.1, -0.05) is 13.8 Å². The molecule has 1 aromatic heterocycles. The molecule has 0 saturated carbocycles. The second kappa shape index (κ2) is 5.71. The van der Waals surface area contributed by atoms with Gasteiger partial charge in [0.1, 0.15) is 11.3 Å². The number of anilines is 1. The highest BCUT2D eigenvalue weighted by atomic mass is 16.5. The van der Waals surface area contributed by atoms with Gasteiger partial charge < -0.3 is 10.5 Å². The van der Waals surface area contributed by atoms with E-state index in [0.717, 1.165) is 41.3 Å². The van der Waals surface area contributed by atoms with Crippen molar-refractivity contribution >= 4 is 16.6 Å². The van der Waals surface area contributed by atoms with Crippen molar-refractivity contribution in [2.45, 2.75) is 26.7 Å². The summed E-state index contributed by atoms with van der Waals surface area (Å²) in [6.45, 7) is 5.17. The minimum Gasteiger partial charge on any atom is -0.491 e. The lowest BCUT2D eigenvalue weighted by atomic mass is 10.1. The zero-order valence-electron chi connectivity index (χ0n) is 11.0. The van der Waals surface area contributed by atoms with Gasteiger partial charge in [-0.15, -0.1) is 0 Å². The molecule has 3 nitrogen and oxygen atoms in total. The fourth-order valence-corrected chi connectivity index (χ4v) is 1.96. The number of benzene rings is 1. The molecule has 0 aliphatic rings. The Kier molecular flexibility index (Phi) is 4.03. The molecule has 0 atom stereocenters. The summed E-state index contributed by atoms with van der Waals surface area (Å²) in [5.74, 6) is 1.54. The Bertz CT molecular complexity index is 523. The number of pyridine rings is 1. The Morgan fingerprint density at radius 1 is 1.28 bits per heavy atom. The van der Waals surface area contributed by atoms with Gasteiger partial charge in [-0.05, 0) is 43.0 Å². The van der Waals surface area contributed by atoms with E-state index in [9.17, 15) is 0 Å². The molecule has 1 heterocycles. The normalized spacial score (nSPS) is 11.1. The van der Waals surface area contributed by atoms with Crippen LogP contribution in [0.25, 0.3) is 10.9 Å². The van der Waals surface area contributed by atoms with Gasteiger partial charge in [0.05, 0.1) is 6.61 Å². The number of rotatable bonds is 5. The average Bonchev–Trinajstić information content (AvgIpc) is 2.37. The number of hydrogen-bond acceptors (Lipinski definition) is 3. The van der Waals surface area contributed by atoms with Gasteiger partial charge in [0.2, 0.25) is 0 Å². The van der Waals surface area contributed by atoms with E-state index in [1.807, 2.05) is 24.3 Å². The van der Waals surface area contributed by atoms with E-state index in [1.165, 1.54) is 6.42 Å². The topological polar surface area (TPSA) is 48.1 Å². The molecule has 0 aliphatic heterocycles. The molecule has 0 bridgehead atoms. The Morgan fingerprint density at radius 2 is 2.11 bits per heavy atom. The SMILES string of the molecule is CC(C)CCCOc1ccc(N)c2cccnc12. The highest BCUT2D eigenvalue weighted by Crippen LogP contribution is 2.28. The van der Waals surface area contributed by atoms with Crippen LogP contribution in [-0.2, 0) is 0 Å². The predicted molar refractivity (Wildman–Crippen MR) is 75.7 cm³/mol. The first-order valence-electron chi connectivity index (χ1n) is 6.44. The van der Waals surface area contributed by atoms with Crippen molar-refractivity contribution < 1.29 is 4.74 Å². The fraction of sp³-hybridized carbons (Fsp3) is 0.400. The Balaban J connectivity index is 2.11. The maximum absolute atomic E-state index is 5.92. The fourth-order valence-electron chi connectivity index (χ4n) is 1.96. The predicted octanol–water partition coefficient (Wildman–Crippen LogP) is 3.63. The van der Waals surface area contributed by atoms with E-state index in [4.69, 9.17) is 10.5 Å². The van der Waals surface area contributed by atoms with E-state index in [2.05, 4.69) is 18.8 Å². The number of ether oxygens (including phenoxy) is 1. The van der Waals surface area contributed by atoms with Crippen molar-refractivity contribution in [1.29, 1.82) is 0 Å². The first kappa shape index (κ1) is 12.7. The van der Waals surface area contributed by atoms with Crippen LogP contribution in [0.15, 0.2) is 30.5 Å². The van der Waals surface area contributed by atoms with Gasteiger partial charge in [0, 0.05) is 17.3 Å². The Labute approximate surface area is 108 Å². The smallest absolute Gasteiger partial charge is 0.145 e. The molecular formula is C15H20N2O. The number of hydrogen-bond donors (Lipinski definition) is 1. The van der Waals surface area contributed by atoms with Gasteiger partial charge in [0.25, 0.3) is 0 Å². The quantitative estimate of drug-likeness (QED) is 0.645. The Morgan fingerprint density at radius 3 is 2.89 bits per heavy atom. The molecule has 0 spiro atoms. The standard InChI is InChI=1S/C15H20N2O/c1-11(2)5-4-10-18-14-8-7-13(16)12-6-3-9-17-15(12)14/h3,6-9,11H,4-5,10,16H2,1-2H3. The van der Waals surface area contributed by atoms with Crippen LogP contribution >= 0.6 is 0 Å². The van der Waals surface area contributed by atoms with Crippen LogP contribution in [0, 0.1) is 5.92 Å². The highest BCUT2D eigenvalue weighted by molar-refractivity contribution is 5.94. The van der Waals surface area contributed by atoms with E-state index in [0.29, 0.717) is 0 Å². The molecule has 2 N–H and O–H groups in total. The average molecular weight is 244 g/mol. The van der Waals surface area contributed by atoms with Crippen molar-refractivity contribution in [1.82, 2.24) is 4.98 Å². The van der Waals surface area contributed by atoms with Crippen molar-refractivity contribution in [3.8, 4) is 5.75 Å². The van der Waals surface area contributed by atoms with Crippen molar-refractivity contribution in [3.63, 3.8) is 0 Å². The summed E-state index contributed by atoms with van der Waals surface area (Å²) in [4.78, 5) is 4.35. The van der Waals surface area contributed by atoms with Gasteiger partial charge >= 0.3 is 0 Å². The number of nitrogen functional groups attached to an aromatic ring is 1. The van der Waals surface area contributed by atoms with E-state index in [-0.39, 0.29) is 0 Å². The van der Waals surface area contributed by atoms with Crippen LogP contribution in [0.3, 0.4) is 0 Å². The zero-order chi connectivity index (χ0) is 13.0. The lowest BCUT2D eigenvalue weighted by molar-refractivity contribution is 0.300. The molecule has 0 aliphatic carbocycles. The summed E-state index contributed by atoms with van der Waals surface area (Å²) in [7, 11) is 0. The van der Waals surface area contributed by atoms with Crippen LogP contribution in [0.1, 0.15) is 26.7 Å². The second-order valence-corrected chi connectivity index (χ2v) is 4.94. The summed E-state index contributed by atoms with van der Waals surface area (Å²) < 4.78 is 5.81. The molecule has 0 unspecified atom stereocenters. The number of nitrogens with two attached hydrogens (primary N) is 1. The van der Waals surface area contributed by atoms with E-state index in [1.54, 1.807) is 6.20 Å². The third-order valence-corrected chi connectivity index (χ3v) is 2.95. The van der Waals surface area contributed by atoms with Gasteiger partial charge in [-0.25, -0.2) is 0 Å². The van der Waals surface area contributed by atoms with Crippen molar-refractivity contribution in [2.24, 2.45) is 5.92 Å². The zero-order valence-corrected chi connectivity index (χ0v) is 11.0. The van der Waals surface area contributed by atoms with E-state index >= 15 is 0 Å². The Hall–Kier alpha value is -1.77. The van der Waals surface area contributed by atoms with Crippen molar-refractivity contribution in [2.75, 3.05) is 12.3 Å². The van der Waals surface area contributed by atoms with Crippen LogP contribution in [0.4, 0.5) is 5.69 Å². The molecular weight excluding hydrogens is 224 g/mol. The molecule has 2 rings (SSSR count). The monoisotopic (exact) mass is 244 g/mol. The summed E-state index contributed by atoms with van der Waals surface area (Å²) in [6, 6.07) is 7.64. The third-order valence-electron chi connectivity index (χ3n) is 2.95.